The second kappa shape index (κ2) is 6.87. The Morgan fingerprint density at radius 3 is 2.65 bits per heavy atom. The second-order valence-corrected chi connectivity index (χ2v) is 4.89. The zero-order valence-corrected chi connectivity index (χ0v) is 11.8. The Kier molecular flexibility index (Phi) is 5.79. The fourth-order valence-corrected chi connectivity index (χ4v) is 2.08. The zero-order chi connectivity index (χ0) is 12.8. The van der Waals surface area contributed by atoms with Gasteiger partial charge < -0.3 is 10.1 Å². The number of methoxy groups -OCH3 is 1. The number of benzene rings is 1. The van der Waals surface area contributed by atoms with Crippen LogP contribution in [0.5, 0.6) is 5.75 Å². The first-order valence-corrected chi connectivity index (χ1v) is 6.50. The molecule has 2 unspecified atom stereocenters. The van der Waals surface area contributed by atoms with E-state index in [1.165, 1.54) is 12.0 Å². The van der Waals surface area contributed by atoms with Gasteiger partial charge in [-0.05, 0) is 37.1 Å². The van der Waals surface area contributed by atoms with Gasteiger partial charge in [-0.2, -0.15) is 0 Å². The molecule has 1 aromatic rings. The highest BCUT2D eigenvalue weighted by atomic mass is 35.5. The third-order valence-corrected chi connectivity index (χ3v) is 3.57. The average Bonchev–Trinajstić information content (AvgIpc) is 2.36. The molecule has 2 nitrogen and oxygen atoms in total. The van der Waals surface area contributed by atoms with Crippen molar-refractivity contribution in [2.45, 2.75) is 32.7 Å². The van der Waals surface area contributed by atoms with Crippen molar-refractivity contribution in [1.29, 1.82) is 0 Å². The van der Waals surface area contributed by atoms with Gasteiger partial charge in [-0.15, -0.1) is 0 Å². The van der Waals surface area contributed by atoms with E-state index in [4.69, 9.17) is 16.3 Å². The molecule has 1 N–H and O–H groups in total. The van der Waals surface area contributed by atoms with Crippen molar-refractivity contribution in [3.8, 4) is 5.75 Å². The van der Waals surface area contributed by atoms with Crippen molar-refractivity contribution in [3.63, 3.8) is 0 Å². The molecule has 1 rings (SSSR count). The summed E-state index contributed by atoms with van der Waals surface area (Å²) in [6.07, 6.45) is 2.32. The third kappa shape index (κ3) is 3.90. The Morgan fingerprint density at radius 2 is 2.12 bits per heavy atom. The quantitative estimate of drug-likeness (QED) is 0.828. The minimum absolute atomic E-state index is 0.358. The monoisotopic (exact) mass is 255 g/mol. The van der Waals surface area contributed by atoms with Crippen LogP contribution in [0.2, 0.25) is 5.02 Å². The molecule has 0 aliphatic rings. The van der Waals surface area contributed by atoms with E-state index in [0.717, 1.165) is 12.2 Å². The minimum atomic E-state index is 0.358. The zero-order valence-electron chi connectivity index (χ0n) is 11.1. The summed E-state index contributed by atoms with van der Waals surface area (Å²) >= 11 is 6.03. The van der Waals surface area contributed by atoms with Gasteiger partial charge in [0.15, 0.2) is 0 Å². The van der Waals surface area contributed by atoms with Crippen LogP contribution in [0, 0.1) is 5.92 Å². The maximum absolute atomic E-state index is 6.03. The third-order valence-electron chi connectivity index (χ3n) is 3.26. The van der Waals surface area contributed by atoms with E-state index in [1.54, 1.807) is 7.11 Å². The lowest BCUT2D eigenvalue weighted by molar-refractivity contribution is 0.405. The van der Waals surface area contributed by atoms with E-state index in [2.05, 4.69) is 25.2 Å². The molecule has 0 fully saturated rings. The van der Waals surface area contributed by atoms with Gasteiger partial charge in [0.05, 0.1) is 12.1 Å². The lowest BCUT2D eigenvalue weighted by Crippen LogP contribution is -2.19. The van der Waals surface area contributed by atoms with E-state index in [0.29, 0.717) is 17.0 Å². The van der Waals surface area contributed by atoms with Crippen molar-refractivity contribution in [3.05, 3.63) is 28.8 Å². The van der Waals surface area contributed by atoms with Gasteiger partial charge in [0.2, 0.25) is 0 Å². The molecule has 0 amide bonds. The molecule has 0 spiro atoms. The van der Waals surface area contributed by atoms with Crippen LogP contribution in [0.25, 0.3) is 0 Å². The largest absolute Gasteiger partial charge is 0.495 e. The normalized spacial score (nSPS) is 14.4. The summed E-state index contributed by atoms with van der Waals surface area (Å²) in [7, 11) is 3.64. The van der Waals surface area contributed by atoms with E-state index in [9.17, 15) is 0 Å². The Bertz CT molecular complexity index is 354. The summed E-state index contributed by atoms with van der Waals surface area (Å²) < 4.78 is 5.25. The molecule has 0 aliphatic heterocycles. The number of rotatable bonds is 6. The Hall–Kier alpha value is -0.730. The minimum Gasteiger partial charge on any atom is -0.495 e. The van der Waals surface area contributed by atoms with Crippen LogP contribution in [-0.4, -0.2) is 14.2 Å². The van der Waals surface area contributed by atoms with Gasteiger partial charge in [0.1, 0.15) is 5.75 Å². The molecule has 0 saturated carbocycles. The number of nitrogens with one attached hydrogen (secondary N) is 1. The first-order valence-electron chi connectivity index (χ1n) is 6.13. The number of ether oxygens (including phenoxy) is 1. The Labute approximate surface area is 109 Å². The van der Waals surface area contributed by atoms with Gasteiger partial charge in [-0.1, -0.05) is 37.9 Å². The molecule has 1 aromatic carbocycles. The van der Waals surface area contributed by atoms with Gasteiger partial charge in [-0.3, -0.25) is 0 Å². The predicted octanol–water partition coefficient (Wildman–Crippen LogP) is 4.05. The van der Waals surface area contributed by atoms with Crippen molar-refractivity contribution in [1.82, 2.24) is 5.32 Å². The standard InChI is InChI=1S/C14H22ClNO/c1-5-10(2)8-13(16-3)11-6-7-12(15)14(9-11)17-4/h6-7,9-10,13,16H,5,8H2,1-4H3. The topological polar surface area (TPSA) is 21.3 Å². The van der Waals surface area contributed by atoms with Crippen LogP contribution >= 0.6 is 11.6 Å². The molecule has 0 aromatic heterocycles. The summed E-state index contributed by atoms with van der Waals surface area (Å²) in [6, 6.07) is 6.34. The van der Waals surface area contributed by atoms with Crippen molar-refractivity contribution < 1.29 is 4.74 Å². The maximum atomic E-state index is 6.03. The molecule has 0 saturated heterocycles. The van der Waals surface area contributed by atoms with Gasteiger partial charge in [0, 0.05) is 6.04 Å². The molecule has 0 heterocycles. The van der Waals surface area contributed by atoms with E-state index >= 15 is 0 Å². The predicted molar refractivity (Wildman–Crippen MR) is 73.9 cm³/mol. The summed E-state index contributed by atoms with van der Waals surface area (Å²) in [4.78, 5) is 0. The van der Waals surface area contributed by atoms with E-state index in [-0.39, 0.29) is 0 Å². The lowest BCUT2D eigenvalue weighted by Gasteiger charge is -2.21. The molecular formula is C14H22ClNO. The highest BCUT2D eigenvalue weighted by Crippen LogP contribution is 2.30. The van der Waals surface area contributed by atoms with Crippen LogP contribution in [0.15, 0.2) is 18.2 Å². The van der Waals surface area contributed by atoms with Crippen LogP contribution < -0.4 is 10.1 Å². The lowest BCUT2D eigenvalue weighted by atomic mass is 9.94. The highest BCUT2D eigenvalue weighted by Gasteiger charge is 2.14. The summed E-state index contributed by atoms with van der Waals surface area (Å²) in [5, 5.41) is 4.02. The summed E-state index contributed by atoms with van der Waals surface area (Å²) in [5.74, 6) is 1.45. The van der Waals surface area contributed by atoms with Gasteiger partial charge >= 0.3 is 0 Å². The van der Waals surface area contributed by atoms with Crippen molar-refractivity contribution >= 4 is 11.6 Å². The molecule has 0 aliphatic carbocycles. The highest BCUT2D eigenvalue weighted by molar-refractivity contribution is 6.32. The molecule has 96 valence electrons. The Balaban J connectivity index is 2.88. The molecule has 3 heteroatoms. The summed E-state index contributed by atoms with van der Waals surface area (Å²) in [5.41, 5.74) is 1.23. The number of hydrogen-bond acceptors (Lipinski definition) is 2. The second-order valence-electron chi connectivity index (χ2n) is 4.48. The number of hydrogen-bond donors (Lipinski definition) is 1. The van der Waals surface area contributed by atoms with Crippen LogP contribution in [-0.2, 0) is 0 Å². The fraction of sp³-hybridized carbons (Fsp3) is 0.571. The van der Waals surface area contributed by atoms with Crippen LogP contribution in [0.1, 0.15) is 38.3 Å². The van der Waals surface area contributed by atoms with Crippen molar-refractivity contribution in [2.75, 3.05) is 14.2 Å². The van der Waals surface area contributed by atoms with Gasteiger partial charge in [-0.25, -0.2) is 0 Å². The average molecular weight is 256 g/mol. The van der Waals surface area contributed by atoms with Gasteiger partial charge in [0.25, 0.3) is 0 Å². The molecule has 17 heavy (non-hydrogen) atoms. The van der Waals surface area contributed by atoms with Crippen LogP contribution in [0.3, 0.4) is 0 Å². The maximum Gasteiger partial charge on any atom is 0.137 e. The summed E-state index contributed by atoms with van der Waals surface area (Å²) in [6.45, 7) is 4.50. The molecule has 2 atom stereocenters. The molecular weight excluding hydrogens is 234 g/mol. The first-order chi connectivity index (χ1) is 8.12. The van der Waals surface area contributed by atoms with E-state index < -0.39 is 0 Å². The fourth-order valence-electron chi connectivity index (χ4n) is 1.88. The molecule has 0 bridgehead atoms. The number of halogens is 1. The van der Waals surface area contributed by atoms with Crippen molar-refractivity contribution in [2.24, 2.45) is 5.92 Å². The Morgan fingerprint density at radius 1 is 1.41 bits per heavy atom. The smallest absolute Gasteiger partial charge is 0.137 e. The SMILES string of the molecule is CCC(C)CC(NC)c1ccc(Cl)c(OC)c1. The molecule has 0 radical (unpaired) electrons. The van der Waals surface area contributed by atoms with Crippen LogP contribution in [0.4, 0.5) is 0 Å². The first kappa shape index (κ1) is 14.3. The van der Waals surface area contributed by atoms with E-state index in [1.807, 2.05) is 19.2 Å².